The first-order valence-electron chi connectivity index (χ1n) is 5.23. The lowest BCUT2D eigenvalue weighted by molar-refractivity contribution is 0.616. The summed E-state index contributed by atoms with van der Waals surface area (Å²) >= 11 is 7.15. The summed E-state index contributed by atoms with van der Waals surface area (Å²) < 4.78 is 4.28. The molecule has 5 heteroatoms. The lowest BCUT2D eigenvalue weighted by Gasteiger charge is -2.18. The topological polar surface area (TPSA) is 43.8 Å². The lowest BCUT2D eigenvalue weighted by atomic mass is 10.0. The number of anilines is 1. The summed E-state index contributed by atoms with van der Waals surface area (Å²) in [7, 11) is 0. The molecule has 0 bridgehead atoms. The fourth-order valence-electron chi connectivity index (χ4n) is 2.43. The number of hydrogen-bond acceptors (Lipinski definition) is 2. The number of benzene rings is 1. The van der Waals surface area contributed by atoms with E-state index >= 15 is 0 Å². The number of nitrogen functional groups attached to an aromatic ring is 1. The monoisotopic (exact) mass is 343 g/mol. The summed E-state index contributed by atoms with van der Waals surface area (Å²) in [5.74, 6) is 1.05. The van der Waals surface area contributed by atoms with Gasteiger partial charge in [-0.3, -0.25) is 0 Å². The Morgan fingerprint density at radius 3 is 2.81 bits per heavy atom. The second kappa shape index (κ2) is 3.47. The van der Waals surface area contributed by atoms with Gasteiger partial charge in [0, 0.05) is 11.0 Å². The van der Waals surface area contributed by atoms with Gasteiger partial charge >= 0.3 is 0 Å². The van der Waals surface area contributed by atoms with E-state index in [1.807, 2.05) is 6.92 Å². The first-order chi connectivity index (χ1) is 7.61. The number of nitrogens with two attached hydrogens (primary N) is 1. The van der Waals surface area contributed by atoms with Crippen molar-refractivity contribution in [3.05, 3.63) is 20.3 Å². The maximum Gasteiger partial charge on any atom is 0.113 e. The van der Waals surface area contributed by atoms with Crippen LogP contribution in [0.2, 0.25) is 0 Å². The first kappa shape index (κ1) is 10.6. The predicted octanol–water partition coefficient (Wildman–Crippen LogP) is 3.40. The van der Waals surface area contributed by atoms with Crippen molar-refractivity contribution >= 4 is 48.6 Å². The molecule has 1 aliphatic rings. The maximum absolute atomic E-state index is 6.10. The van der Waals surface area contributed by atoms with Gasteiger partial charge < -0.3 is 10.3 Å². The van der Waals surface area contributed by atoms with Crippen molar-refractivity contribution in [2.45, 2.75) is 26.3 Å². The number of hydrogen-bond donors (Lipinski definition) is 1. The first-order valence-corrected chi connectivity index (χ1v) is 6.82. The zero-order valence-electron chi connectivity index (χ0n) is 8.85. The second-order valence-electron chi connectivity index (χ2n) is 4.13. The molecular weight excluding hydrogens is 334 g/mol. The molecule has 3 nitrogen and oxygen atoms in total. The molecule has 0 spiro atoms. The summed E-state index contributed by atoms with van der Waals surface area (Å²) in [6.45, 7) is 3.08. The quantitative estimate of drug-likeness (QED) is 0.744. The normalized spacial score (nSPS) is 14.7. The third kappa shape index (κ3) is 1.21. The molecule has 0 aliphatic carbocycles. The summed E-state index contributed by atoms with van der Waals surface area (Å²) in [5.41, 5.74) is 10.3. The summed E-state index contributed by atoms with van der Waals surface area (Å²) in [6, 6.07) is 0. The highest BCUT2D eigenvalue weighted by atomic mass is 79.9. The number of rotatable bonds is 0. The Balaban J connectivity index is 2.57. The third-order valence-corrected chi connectivity index (χ3v) is 5.43. The molecule has 1 aliphatic heterocycles. The second-order valence-corrected chi connectivity index (χ2v) is 5.72. The van der Waals surface area contributed by atoms with Crippen molar-refractivity contribution in [1.82, 2.24) is 9.55 Å². The fourth-order valence-corrected chi connectivity index (χ4v) is 3.46. The largest absolute Gasteiger partial charge is 0.396 e. The molecule has 84 valence electrons. The average molecular weight is 345 g/mol. The number of aryl methyl sites for hydroxylation is 3. The fraction of sp³-hybridized carbons (Fsp3) is 0.364. The van der Waals surface area contributed by atoms with Crippen LogP contribution in [0.15, 0.2) is 8.95 Å². The molecule has 0 amide bonds. The Kier molecular flexibility index (Phi) is 2.30. The van der Waals surface area contributed by atoms with E-state index in [-0.39, 0.29) is 0 Å². The molecule has 1 aromatic heterocycles. The highest BCUT2D eigenvalue weighted by molar-refractivity contribution is 9.13. The molecule has 0 fully saturated rings. The van der Waals surface area contributed by atoms with Crippen LogP contribution in [0.3, 0.4) is 0 Å². The zero-order chi connectivity index (χ0) is 11.4. The lowest BCUT2D eigenvalue weighted by Crippen LogP contribution is -2.10. The standard InChI is InChI=1S/C11H11Br2N3/c1-5-15-10-9(14)8(13)7(12)6-3-2-4-16(5)11(6)10/h2-4,14H2,1H3. The molecule has 2 N–H and O–H groups in total. The summed E-state index contributed by atoms with van der Waals surface area (Å²) in [4.78, 5) is 4.57. The number of nitrogens with zero attached hydrogens (tertiary/aromatic N) is 2. The van der Waals surface area contributed by atoms with Crippen molar-refractivity contribution in [3.8, 4) is 0 Å². The molecular formula is C11H11Br2N3. The van der Waals surface area contributed by atoms with Gasteiger partial charge in [0.15, 0.2) is 0 Å². The highest BCUT2D eigenvalue weighted by Gasteiger charge is 2.23. The van der Waals surface area contributed by atoms with Crippen molar-refractivity contribution in [2.24, 2.45) is 0 Å². The van der Waals surface area contributed by atoms with E-state index < -0.39 is 0 Å². The Labute approximate surface area is 110 Å². The minimum Gasteiger partial charge on any atom is -0.396 e. The van der Waals surface area contributed by atoms with Crippen LogP contribution in [-0.2, 0) is 13.0 Å². The molecule has 0 saturated heterocycles. The Morgan fingerprint density at radius 2 is 2.06 bits per heavy atom. The van der Waals surface area contributed by atoms with E-state index in [0.29, 0.717) is 0 Å². The van der Waals surface area contributed by atoms with E-state index in [1.54, 1.807) is 0 Å². The van der Waals surface area contributed by atoms with Gasteiger partial charge in [0.2, 0.25) is 0 Å². The van der Waals surface area contributed by atoms with Crippen LogP contribution in [0.25, 0.3) is 11.0 Å². The van der Waals surface area contributed by atoms with Crippen LogP contribution >= 0.6 is 31.9 Å². The van der Waals surface area contributed by atoms with Crippen LogP contribution in [-0.4, -0.2) is 9.55 Å². The van der Waals surface area contributed by atoms with Crippen molar-refractivity contribution in [1.29, 1.82) is 0 Å². The van der Waals surface area contributed by atoms with Crippen molar-refractivity contribution in [2.75, 3.05) is 5.73 Å². The smallest absolute Gasteiger partial charge is 0.113 e. The van der Waals surface area contributed by atoms with Gasteiger partial charge in [0.1, 0.15) is 11.3 Å². The van der Waals surface area contributed by atoms with Gasteiger partial charge in [-0.2, -0.15) is 0 Å². The molecule has 2 heterocycles. The van der Waals surface area contributed by atoms with Gasteiger partial charge in [-0.25, -0.2) is 4.98 Å². The van der Waals surface area contributed by atoms with Gasteiger partial charge in [0.05, 0.1) is 15.7 Å². The minimum atomic E-state index is 0.731. The molecule has 1 aromatic carbocycles. The van der Waals surface area contributed by atoms with E-state index in [9.17, 15) is 0 Å². The zero-order valence-corrected chi connectivity index (χ0v) is 12.0. The molecule has 0 saturated carbocycles. The van der Waals surface area contributed by atoms with Crippen LogP contribution in [0.4, 0.5) is 5.69 Å². The van der Waals surface area contributed by atoms with Crippen LogP contribution < -0.4 is 5.73 Å². The predicted molar refractivity (Wildman–Crippen MR) is 72.6 cm³/mol. The van der Waals surface area contributed by atoms with Gasteiger partial charge in [-0.15, -0.1) is 0 Å². The van der Waals surface area contributed by atoms with Crippen LogP contribution in [0.1, 0.15) is 17.8 Å². The average Bonchev–Trinajstić information content (AvgIpc) is 2.63. The summed E-state index contributed by atoms with van der Waals surface area (Å²) in [5, 5.41) is 0. The Bertz CT molecular complexity index is 601. The van der Waals surface area contributed by atoms with Crippen LogP contribution in [0, 0.1) is 6.92 Å². The number of aromatic nitrogens is 2. The number of halogens is 2. The van der Waals surface area contributed by atoms with Gasteiger partial charge in [-0.1, -0.05) is 0 Å². The van der Waals surface area contributed by atoms with Crippen molar-refractivity contribution < 1.29 is 0 Å². The Morgan fingerprint density at radius 1 is 1.31 bits per heavy atom. The molecule has 16 heavy (non-hydrogen) atoms. The van der Waals surface area contributed by atoms with Crippen molar-refractivity contribution in [3.63, 3.8) is 0 Å². The third-order valence-electron chi connectivity index (χ3n) is 3.20. The molecule has 0 atom stereocenters. The molecule has 3 rings (SSSR count). The molecule has 0 unspecified atom stereocenters. The molecule has 0 radical (unpaired) electrons. The molecule has 2 aromatic rings. The van der Waals surface area contributed by atoms with Crippen LogP contribution in [0.5, 0.6) is 0 Å². The SMILES string of the molecule is Cc1nc2c(N)c(Br)c(Br)c3c2n1CCC3. The van der Waals surface area contributed by atoms with Gasteiger partial charge in [0.25, 0.3) is 0 Å². The maximum atomic E-state index is 6.10. The van der Waals surface area contributed by atoms with E-state index in [1.165, 1.54) is 11.1 Å². The van der Waals surface area contributed by atoms with Gasteiger partial charge in [-0.05, 0) is 57.2 Å². The number of imidazole rings is 1. The minimum absolute atomic E-state index is 0.731. The highest BCUT2D eigenvalue weighted by Crippen LogP contribution is 2.41. The van der Waals surface area contributed by atoms with E-state index in [4.69, 9.17) is 5.73 Å². The summed E-state index contributed by atoms with van der Waals surface area (Å²) in [6.07, 6.45) is 2.25. The van der Waals surface area contributed by atoms with E-state index in [0.717, 1.165) is 45.4 Å². The van der Waals surface area contributed by atoms with E-state index in [2.05, 4.69) is 41.4 Å². The Hall–Kier alpha value is -0.550.